The minimum Gasteiger partial charge on any atom is -0.350 e. The summed E-state index contributed by atoms with van der Waals surface area (Å²) in [6, 6.07) is 0. The summed E-state index contributed by atoms with van der Waals surface area (Å²) in [7, 11) is 1.79. The van der Waals surface area contributed by atoms with Gasteiger partial charge in [0, 0.05) is 37.6 Å². The van der Waals surface area contributed by atoms with Gasteiger partial charge in [-0.05, 0) is 19.3 Å². The van der Waals surface area contributed by atoms with Crippen molar-refractivity contribution in [2.24, 2.45) is 7.05 Å². The van der Waals surface area contributed by atoms with Gasteiger partial charge in [0.2, 0.25) is 5.82 Å². The first kappa shape index (κ1) is 15.0. The Morgan fingerprint density at radius 1 is 1.55 bits per heavy atom. The largest absolute Gasteiger partial charge is 0.350 e. The summed E-state index contributed by atoms with van der Waals surface area (Å²) in [6.45, 7) is 3.48. The number of nitrogens with zero attached hydrogens (tertiary/aromatic N) is 5. The fraction of sp³-hybridized carbons (Fsp3) is 0.571. The van der Waals surface area contributed by atoms with Crippen molar-refractivity contribution in [3.05, 3.63) is 32.4 Å². The van der Waals surface area contributed by atoms with Gasteiger partial charge in [-0.2, -0.15) is 5.10 Å². The molecule has 0 unspecified atom stereocenters. The van der Waals surface area contributed by atoms with Crippen molar-refractivity contribution in [2.75, 3.05) is 18.0 Å². The van der Waals surface area contributed by atoms with Gasteiger partial charge in [0.15, 0.2) is 0 Å². The van der Waals surface area contributed by atoms with Crippen molar-refractivity contribution in [3.8, 4) is 0 Å². The third-order valence-electron chi connectivity index (χ3n) is 4.10. The van der Waals surface area contributed by atoms with E-state index in [2.05, 4.69) is 15.0 Å². The molecule has 2 aromatic heterocycles. The molecule has 1 saturated heterocycles. The second kappa shape index (κ2) is 6.04. The molecule has 3 heterocycles. The van der Waals surface area contributed by atoms with E-state index in [-0.39, 0.29) is 10.6 Å². The summed E-state index contributed by atoms with van der Waals surface area (Å²) in [5, 5.41) is 18.9. The number of anilines is 1. The number of aromatic nitrogens is 3. The molecule has 1 aliphatic heterocycles. The second-order valence-corrected chi connectivity index (χ2v) is 6.43. The third kappa shape index (κ3) is 2.58. The van der Waals surface area contributed by atoms with Gasteiger partial charge in [-0.3, -0.25) is 10.1 Å². The Bertz CT molecular complexity index is 667. The van der Waals surface area contributed by atoms with Crippen LogP contribution in [0, 0.1) is 10.1 Å². The number of hydrogen-bond acceptors (Lipinski definition) is 6. The third-order valence-corrected chi connectivity index (χ3v) is 5.04. The topological polar surface area (TPSA) is 77.1 Å². The van der Waals surface area contributed by atoms with Crippen LogP contribution in [-0.2, 0) is 13.5 Å². The van der Waals surface area contributed by atoms with Crippen LogP contribution in [0.25, 0.3) is 0 Å². The van der Waals surface area contributed by atoms with Gasteiger partial charge < -0.3 is 4.90 Å². The van der Waals surface area contributed by atoms with Crippen molar-refractivity contribution in [2.45, 2.75) is 32.1 Å². The molecule has 22 heavy (non-hydrogen) atoms. The van der Waals surface area contributed by atoms with E-state index in [0.717, 1.165) is 30.9 Å². The Morgan fingerprint density at radius 3 is 3.00 bits per heavy atom. The van der Waals surface area contributed by atoms with Crippen LogP contribution in [0.5, 0.6) is 0 Å². The highest BCUT2D eigenvalue weighted by molar-refractivity contribution is 7.09. The number of aryl methyl sites for hydroxylation is 2. The van der Waals surface area contributed by atoms with Gasteiger partial charge in [0.1, 0.15) is 5.69 Å². The van der Waals surface area contributed by atoms with Gasteiger partial charge in [-0.15, -0.1) is 11.3 Å². The van der Waals surface area contributed by atoms with E-state index in [1.165, 1.54) is 0 Å². The lowest BCUT2D eigenvalue weighted by atomic mass is 9.98. The number of piperidine rings is 1. The number of hydrogen-bond donors (Lipinski definition) is 0. The highest BCUT2D eigenvalue weighted by Gasteiger charge is 2.33. The van der Waals surface area contributed by atoms with Crippen LogP contribution >= 0.6 is 11.3 Å². The lowest BCUT2D eigenvalue weighted by Crippen LogP contribution is -2.36. The van der Waals surface area contributed by atoms with E-state index < -0.39 is 0 Å². The standard InChI is InChI=1S/C14H19N5O2S/c1-3-11-12(19(20)21)14(17(2)16-11)18-7-4-5-10(9-18)13-15-6-8-22-13/h6,8,10H,3-5,7,9H2,1-2H3/t10-/m0/s1. The van der Waals surface area contributed by atoms with Crippen LogP contribution in [0.3, 0.4) is 0 Å². The monoisotopic (exact) mass is 321 g/mol. The lowest BCUT2D eigenvalue weighted by molar-refractivity contribution is -0.384. The molecule has 0 N–H and O–H groups in total. The van der Waals surface area contributed by atoms with E-state index >= 15 is 0 Å². The minimum absolute atomic E-state index is 0.157. The first-order valence-electron chi connectivity index (χ1n) is 7.46. The molecule has 0 amide bonds. The molecule has 0 bridgehead atoms. The van der Waals surface area contributed by atoms with Crippen LogP contribution in [0.15, 0.2) is 11.6 Å². The van der Waals surface area contributed by atoms with E-state index in [1.807, 2.05) is 18.5 Å². The summed E-state index contributed by atoms with van der Waals surface area (Å²) in [4.78, 5) is 17.7. The van der Waals surface area contributed by atoms with Crippen LogP contribution in [0.4, 0.5) is 11.5 Å². The van der Waals surface area contributed by atoms with Gasteiger partial charge in [0.05, 0.1) is 9.93 Å². The Hall–Kier alpha value is -1.96. The quantitative estimate of drug-likeness (QED) is 0.639. The van der Waals surface area contributed by atoms with Gasteiger partial charge >= 0.3 is 5.69 Å². The molecule has 0 spiro atoms. The summed E-state index contributed by atoms with van der Waals surface area (Å²) in [5.74, 6) is 0.969. The molecule has 2 aromatic rings. The van der Waals surface area contributed by atoms with Gasteiger partial charge in [-0.25, -0.2) is 9.67 Å². The normalized spacial score (nSPS) is 18.6. The van der Waals surface area contributed by atoms with E-state index in [1.54, 1.807) is 23.1 Å². The first-order valence-corrected chi connectivity index (χ1v) is 8.34. The molecular formula is C14H19N5O2S. The molecule has 1 aliphatic rings. The van der Waals surface area contributed by atoms with Crippen LogP contribution in [-0.4, -0.2) is 32.8 Å². The lowest BCUT2D eigenvalue weighted by Gasteiger charge is -2.32. The number of thiazole rings is 1. The number of rotatable bonds is 4. The molecule has 0 saturated carbocycles. The molecule has 0 aromatic carbocycles. The van der Waals surface area contributed by atoms with Crippen molar-refractivity contribution < 1.29 is 4.92 Å². The fourth-order valence-corrected chi connectivity index (χ4v) is 3.91. The van der Waals surface area contributed by atoms with Gasteiger partial charge in [0.25, 0.3) is 0 Å². The zero-order valence-corrected chi connectivity index (χ0v) is 13.5. The average Bonchev–Trinajstić information content (AvgIpc) is 3.14. The summed E-state index contributed by atoms with van der Waals surface area (Å²) in [5.41, 5.74) is 0.712. The zero-order chi connectivity index (χ0) is 15.7. The van der Waals surface area contributed by atoms with Gasteiger partial charge in [-0.1, -0.05) is 6.92 Å². The van der Waals surface area contributed by atoms with Crippen LogP contribution in [0.2, 0.25) is 0 Å². The Labute approximate surface area is 132 Å². The van der Waals surface area contributed by atoms with Crippen molar-refractivity contribution in [3.63, 3.8) is 0 Å². The Balaban J connectivity index is 1.93. The maximum absolute atomic E-state index is 11.5. The summed E-state index contributed by atoms with van der Waals surface area (Å²) < 4.78 is 1.65. The maximum atomic E-state index is 11.5. The van der Waals surface area contributed by atoms with Crippen LogP contribution < -0.4 is 4.90 Å². The second-order valence-electron chi connectivity index (χ2n) is 5.51. The number of nitro groups is 1. The van der Waals surface area contributed by atoms with E-state index in [9.17, 15) is 10.1 Å². The zero-order valence-electron chi connectivity index (χ0n) is 12.7. The molecule has 0 aliphatic carbocycles. The van der Waals surface area contributed by atoms with Crippen LogP contribution in [0.1, 0.15) is 36.4 Å². The van der Waals surface area contributed by atoms with E-state index in [4.69, 9.17) is 0 Å². The smallest absolute Gasteiger partial charge is 0.334 e. The van der Waals surface area contributed by atoms with Crippen molar-refractivity contribution >= 4 is 22.8 Å². The SMILES string of the molecule is CCc1nn(C)c(N2CCC[C@H](c3nccs3)C2)c1[N+](=O)[O-]. The Morgan fingerprint density at radius 2 is 2.36 bits per heavy atom. The molecule has 118 valence electrons. The average molecular weight is 321 g/mol. The fourth-order valence-electron chi connectivity index (χ4n) is 3.14. The highest BCUT2D eigenvalue weighted by Crippen LogP contribution is 2.36. The maximum Gasteiger partial charge on any atom is 0.334 e. The predicted molar refractivity (Wildman–Crippen MR) is 85.5 cm³/mol. The Kier molecular flexibility index (Phi) is 4.10. The molecular weight excluding hydrogens is 302 g/mol. The predicted octanol–water partition coefficient (Wildman–Crippen LogP) is 2.73. The molecule has 3 rings (SSSR count). The van der Waals surface area contributed by atoms with Crippen molar-refractivity contribution in [1.82, 2.24) is 14.8 Å². The molecule has 1 fully saturated rings. The molecule has 1 atom stereocenters. The molecule has 8 heteroatoms. The first-order chi connectivity index (χ1) is 10.6. The summed E-state index contributed by atoms with van der Waals surface area (Å²) in [6.07, 6.45) is 4.47. The minimum atomic E-state index is -0.297. The highest BCUT2D eigenvalue weighted by atomic mass is 32.1. The summed E-state index contributed by atoms with van der Waals surface area (Å²) >= 11 is 1.66. The van der Waals surface area contributed by atoms with E-state index in [0.29, 0.717) is 23.9 Å². The molecule has 0 radical (unpaired) electrons. The van der Waals surface area contributed by atoms with Crippen molar-refractivity contribution in [1.29, 1.82) is 0 Å². The molecule has 7 nitrogen and oxygen atoms in total.